The number of hydrogen-bond acceptors (Lipinski definition) is 1. The fourth-order valence-corrected chi connectivity index (χ4v) is 3.36. The first kappa shape index (κ1) is 14.5. The molecule has 1 atom stereocenters. The lowest BCUT2D eigenvalue weighted by molar-refractivity contribution is -0.120. The van der Waals surface area contributed by atoms with Crippen LogP contribution in [0.4, 0.5) is 10.1 Å². The summed E-state index contributed by atoms with van der Waals surface area (Å²) in [7, 11) is 0. The minimum atomic E-state index is -0.288. The van der Waals surface area contributed by atoms with Crippen LogP contribution in [0.3, 0.4) is 0 Å². The number of fused-ring (bicyclic) bond motifs is 1. The molecule has 1 unspecified atom stereocenters. The van der Waals surface area contributed by atoms with Crippen molar-refractivity contribution in [2.24, 2.45) is 5.92 Å². The zero-order valence-corrected chi connectivity index (χ0v) is 13.6. The molecule has 0 spiro atoms. The van der Waals surface area contributed by atoms with E-state index in [-0.39, 0.29) is 17.6 Å². The van der Waals surface area contributed by atoms with Crippen LogP contribution in [0, 0.1) is 15.3 Å². The number of aryl methyl sites for hydroxylation is 1. The Morgan fingerprint density at radius 2 is 1.95 bits per heavy atom. The van der Waals surface area contributed by atoms with Crippen LogP contribution in [0.5, 0.6) is 0 Å². The van der Waals surface area contributed by atoms with E-state index in [4.69, 9.17) is 0 Å². The highest BCUT2D eigenvalue weighted by atomic mass is 127. The number of rotatable bonds is 2. The lowest BCUT2D eigenvalue weighted by Gasteiger charge is -2.24. The average Bonchev–Trinajstić information content (AvgIpc) is 2.49. The third-order valence-corrected chi connectivity index (χ3v) is 4.80. The highest BCUT2D eigenvalue weighted by Crippen LogP contribution is 2.27. The van der Waals surface area contributed by atoms with Crippen molar-refractivity contribution in [1.29, 1.82) is 0 Å². The van der Waals surface area contributed by atoms with Crippen LogP contribution in [-0.4, -0.2) is 5.91 Å². The average molecular weight is 395 g/mol. The topological polar surface area (TPSA) is 29.1 Å². The molecule has 108 valence electrons. The first-order valence-corrected chi connectivity index (χ1v) is 8.04. The normalized spacial score (nSPS) is 17.1. The van der Waals surface area contributed by atoms with Crippen molar-refractivity contribution in [1.82, 2.24) is 0 Å². The van der Waals surface area contributed by atoms with Gasteiger partial charge < -0.3 is 5.32 Å². The monoisotopic (exact) mass is 395 g/mol. The molecule has 1 aliphatic carbocycles. The van der Waals surface area contributed by atoms with Gasteiger partial charge in [-0.3, -0.25) is 4.79 Å². The summed E-state index contributed by atoms with van der Waals surface area (Å²) in [5.74, 6) is -0.279. The van der Waals surface area contributed by atoms with Gasteiger partial charge in [0.15, 0.2) is 0 Å². The molecule has 0 aliphatic heterocycles. The van der Waals surface area contributed by atoms with Gasteiger partial charge in [-0.15, -0.1) is 0 Å². The van der Waals surface area contributed by atoms with Gasteiger partial charge in [0.05, 0.1) is 5.69 Å². The van der Waals surface area contributed by atoms with E-state index < -0.39 is 0 Å². The number of benzene rings is 2. The summed E-state index contributed by atoms with van der Waals surface area (Å²) in [5.41, 5.74) is 3.29. The summed E-state index contributed by atoms with van der Waals surface area (Å²) in [6.07, 6.45) is 2.58. The largest absolute Gasteiger partial charge is 0.325 e. The number of nitrogens with one attached hydrogen (secondary N) is 1. The van der Waals surface area contributed by atoms with Crippen molar-refractivity contribution in [3.05, 3.63) is 63.0 Å². The lowest BCUT2D eigenvalue weighted by Crippen LogP contribution is -2.28. The standard InChI is InChI=1S/C17H15FINO/c18-14-7-8-16(15(19)10-14)20-17(21)13-6-5-11-3-1-2-4-12(11)9-13/h1-4,7-8,10,13H,5-6,9H2,(H,20,21). The highest BCUT2D eigenvalue weighted by Gasteiger charge is 2.24. The lowest BCUT2D eigenvalue weighted by atomic mass is 9.83. The Morgan fingerprint density at radius 1 is 1.19 bits per heavy atom. The molecule has 2 aromatic carbocycles. The minimum Gasteiger partial charge on any atom is -0.325 e. The number of halogens is 2. The van der Waals surface area contributed by atoms with Crippen LogP contribution in [-0.2, 0) is 17.6 Å². The van der Waals surface area contributed by atoms with Crippen molar-refractivity contribution >= 4 is 34.2 Å². The molecule has 0 aromatic heterocycles. The van der Waals surface area contributed by atoms with E-state index >= 15 is 0 Å². The molecule has 0 bridgehead atoms. The minimum absolute atomic E-state index is 0.0132. The van der Waals surface area contributed by atoms with Crippen LogP contribution in [0.15, 0.2) is 42.5 Å². The Bertz CT molecular complexity index is 686. The zero-order valence-electron chi connectivity index (χ0n) is 11.4. The van der Waals surface area contributed by atoms with Gasteiger partial charge in [-0.1, -0.05) is 24.3 Å². The molecule has 0 fully saturated rings. The van der Waals surface area contributed by atoms with Gasteiger partial charge in [0, 0.05) is 9.49 Å². The number of anilines is 1. The number of hydrogen-bond donors (Lipinski definition) is 1. The van der Waals surface area contributed by atoms with E-state index in [2.05, 4.69) is 17.4 Å². The smallest absolute Gasteiger partial charge is 0.227 e. The molecule has 0 radical (unpaired) electrons. The molecule has 2 aromatic rings. The summed E-state index contributed by atoms with van der Waals surface area (Å²) < 4.78 is 13.8. The second-order valence-corrected chi connectivity index (χ2v) is 6.48. The Hall–Kier alpha value is -1.43. The maximum absolute atomic E-state index is 13.1. The van der Waals surface area contributed by atoms with Crippen molar-refractivity contribution in [3.63, 3.8) is 0 Å². The molecule has 2 nitrogen and oxygen atoms in total. The molecule has 0 heterocycles. The van der Waals surface area contributed by atoms with E-state index in [1.807, 2.05) is 34.7 Å². The first-order valence-electron chi connectivity index (χ1n) is 6.96. The predicted molar refractivity (Wildman–Crippen MR) is 89.7 cm³/mol. The number of carbonyl (C=O) groups is 1. The van der Waals surface area contributed by atoms with Gasteiger partial charge in [0.1, 0.15) is 5.82 Å². The third-order valence-electron chi connectivity index (χ3n) is 3.91. The van der Waals surface area contributed by atoms with Crippen molar-refractivity contribution < 1.29 is 9.18 Å². The molecule has 21 heavy (non-hydrogen) atoms. The molecule has 0 saturated heterocycles. The fraction of sp³-hybridized carbons (Fsp3) is 0.235. The van der Waals surface area contributed by atoms with Gasteiger partial charge in [0.2, 0.25) is 5.91 Å². The van der Waals surface area contributed by atoms with Crippen molar-refractivity contribution in [2.75, 3.05) is 5.32 Å². The Morgan fingerprint density at radius 3 is 2.71 bits per heavy atom. The molecular weight excluding hydrogens is 380 g/mol. The van der Waals surface area contributed by atoms with E-state index in [9.17, 15) is 9.18 Å². The maximum Gasteiger partial charge on any atom is 0.227 e. The summed E-state index contributed by atoms with van der Waals surface area (Å²) >= 11 is 2.04. The third kappa shape index (κ3) is 3.26. The number of carbonyl (C=O) groups excluding carboxylic acids is 1. The summed E-state index contributed by atoms with van der Waals surface area (Å²) in [4.78, 5) is 12.4. The Balaban J connectivity index is 1.72. The van der Waals surface area contributed by atoms with Crippen LogP contribution in [0.1, 0.15) is 17.5 Å². The van der Waals surface area contributed by atoms with Gasteiger partial charge in [-0.2, -0.15) is 0 Å². The van der Waals surface area contributed by atoms with Gasteiger partial charge >= 0.3 is 0 Å². The van der Waals surface area contributed by atoms with Crippen LogP contribution >= 0.6 is 22.6 Å². The Labute approximate surface area is 136 Å². The van der Waals surface area contributed by atoms with Crippen molar-refractivity contribution in [2.45, 2.75) is 19.3 Å². The van der Waals surface area contributed by atoms with Gasteiger partial charge in [-0.05, 0) is 71.2 Å². The molecular formula is C17H15FINO. The molecule has 1 aliphatic rings. The second-order valence-electron chi connectivity index (χ2n) is 5.32. The summed E-state index contributed by atoms with van der Waals surface area (Å²) in [5, 5.41) is 2.92. The van der Waals surface area contributed by atoms with Crippen LogP contribution < -0.4 is 5.32 Å². The summed E-state index contributed by atoms with van der Waals surface area (Å²) in [6, 6.07) is 12.7. The predicted octanol–water partition coefficient (Wildman–Crippen LogP) is 4.17. The quantitative estimate of drug-likeness (QED) is 0.760. The SMILES string of the molecule is O=C(Nc1ccc(F)cc1I)C1CCc2ccccc2C1. The fourth-order valence-electron chi connectivity index (χ4n) is 2.75. The highest BCUT2D eigenvalue weighted by molar-refractivity contribution is 14.1. The second kappa shape index (κ2) is 6.13. The zero-order chi connectivity index (χ0) is 14.8. The van der Waals surface area contributed by atoms with Gasteiger partial charge in [0.25, 0.3) is 0 Å². The van der Waals surface area contributed by atoms with Crippen LogP contribution in [0.2, 0.25) is 0 Å². The first-order chi connectivity index (χ1) is 10.1. The van der Waals surface area contributed by atoms with E-state index in [0.29, 0.717) is 5.69 Å². The van der Waals surface area contributed by atoms with E-state index in [0.717, 1.165) is 22.8 Å². The van der Waals surface area contributed by atoms with Crippen molar-refractivity contribution in [3.8, 4) is 0 Å². The maximum atomic E-state index is 13.1. The van der Waals surface area contributed by atoms with Crippen LogP contribution in [0.25, 0.3) is 0 Å². The molecule has 1 N–H and O–H groups in total. The molecule has 3 rings (SSSR count). The van der Waals surface area contributed by atoms with E-state index in [1.165, 1.54) is 23.3 Å². The number of amides is 1. The molecule has 0 saturated carbocycles. The van der Waals surface area contributed by atoms with E-state index in [1.54, 1.807) is 6.07 Å². The molecule has 4 heteroatoms. The summed E-state index contributed by atoms with van der Waals surface area (Å²) in [6.45, 7) is 0. The molecule has 1 amide bonds. The Kier molecular flexibility index (Phi) is 4.24. The van der Waals surface area contributed by atoms with Gasteiger partial charge in [-0.25, -0.2) is 4.39 Å².